The first-order valence-electron chi connectivity index (χ1n) is 4.05. The average Bonchev–Trinajstić information content (AvgIpc) is 2.54. The zero-order valence-corrected chi connectivity index (χ0v) is 10.9. The van der Waals surface area contributed by atoms with Crippen molar-refractivity contribution in [2.75, 3.05) is 19.8 Å². The highest BCUT2D eigenvalue weighted by Gasteiger charge is 2.25. The smallest absolute Gasteiger partial charge is 0.381 e. The van der Waals surface area contributed by atoms with E-state index in [0.29, 0.717) is 0 Å². The maximum atomic E-state index is 9.97. The monoisotopic (exact) mass is 300 g/mol. The van der Waals surface area contributed by atoms with Crippen molar-refractivity contribution in [2.45, 2.75) is 16.6 Å². The summed E-state index contributed by atoms with van der Waals surface area (Å²) in [5.41, 5.74) is 0. The van der Waals surface area contributed by atoms with Gasteiger partial charge < -0.3 is 14.5 Å². The first-order chi connectivity index (χ1) is 6.71. The van der Waals surface area contributed by atoms with Gasteiger partial charge in [-0.05, 0) is 12.8 Å². The predicted octanol–water partition coefficient (Wildman–Crippen LogP) is 2.26. The van der Waals surface area contributed by atoms with Gasteiger partial charge in [0, 0.05) is 13.2 Å². The van der Waals surface area contributed by atoms with E-state index in [1.807, 2.05) is 0 Å². The minimum atomic E-state index is -4.52. The van der Waals surface area contributed by atoms with Gasteiger partial charge in [-0.1, -0.05) is 34.8 Å². The molecule has 1 fully saturated rings. The van der Waals surface area contributed by atoms with Crippen LogP contribution in [0, 0.1) is 0 Å². The number of phosphoric acid groups is 1. The van der Waals surface area contributed by atoms with Gasteiger partial charge in [0.1, 0.15) is 6.61 Å². The topological polar surface area (TPSA) is 76.0 Å². The van der Waals surface area contributed by atoms with Crippen molar-refractivity contribution in [2.24, 2.45) is 0 Å². The number of halogens is 3. The molecule has 0 aromatic rings. The summed E-state index contributed by atoms with van der Waals surface area (Å²) >= 11 is 15.3. The molecule has 92 valence electrons. The Kier molecular flexibility index (Phi) is 7.76. The lowest BCUT2D eigenvalue weighted by Gasteiger charge is -2.10. The number of rotatable bonds is 2. The Labute approximate surface area is 103 Å². The Morgan fingerprint density at radius 1 is 1.27 bits per heavy atom. The molecule has 0 aromatic heterocycles. The van der Waals surface area contributed by atoms with E-state index in [4.69, 9.17) is 49.3 Å². The molecule has 0 aromatic carbocycles. The molecule has 1 rings (SSSR count). The van der Waals surface area contributed by atoms with Crippen LogP contribution >= 0.6 is 42.6 Å². The predicted molar refractivity (Wildman–Crippen MR) is 58.3 cm³/mol. The van der Waals surface area contributed by atoms with E-state index in [2.05, 4.69) is 4.52 Å². The van der Waals surface area contributed by atoms with E-state index in [1.165, 1.54) is 12.8 Å². The third kappa shape index (κ3) is 14.9. The summed E-state index contributed by atoms with van der Waals surface area (Å²) in [6.45, 7) is 1.36. The molecule has 9 heteroatoms. The Bertz CT molecular complexity index is 202. The first kappa shape index (κ1) is 15.9. The lowest BCUT2D eigenvalue weighted by molar-refractivity contribution is 0.198. The molecular formula is C6H12Cl3O5P. The molecular weight excluding hydrogens is 289 g/mol. The van der Waals surface area contributed by atoms with E-state index >= 15 is 0 Å². The average molecular weight is 301 g/mol. The van der Waals surface area contributed by atoms with E-state index in [-0.39, 0.29) is 0 Å². The van der Waals surface area contributed by atoms with Crippen LogP contribution in [0.25, 0.3) is 0 Å². The van der Waals surface area contributed by atoms with Gasteiger partial charge in [-0.15, -0.1) is 0 Å². The minimum absolute atomic E-state index is 0.637. The van der Waals surface area contributed by atoms with Gasteiger partial charge in [0.15, 0.2) is 0 Å². The number of hydrogen-bond acceptors (Lipinski definition) is 3. The molecule has 0 spiro atoms. The second kappa shape index (κ2) is 7.30. The van der Waals surface area contributed by atoms with Crippen molar-refractivity contribution in [1.29, 1.82) is 0 Å². The summed E-state index contributed by atoms with van der Waals surface area (Å²) in [6, 6.07) is 0. The lowest BCUT2D eigenvalue weighted by atomic mass is 10.4. The van der Waals surface area contributed by atoms with Gasteiger partial charge in [0.2, 0.25) is 3.79 Å². The van der Waals surface area contributed by atoms with Crippen molar-refractivity contribution in [1.82, 2.24) is 0 Å². The second-order valence-electron chi connectivity index (χ2n) is 2.70. The lowest BCUT2D eigenvalue weighted by Crippen LogP contribution is -2.11. The van der Waals surface area contributed by atoms with Crippen molar-refractivity contribution in [3.05, 3.63) is 0 Å². The molecule has 2 N–H and O–H groups in total. The molecule has 0 aliphatic carbocycles. The molecule has 1 aliphatic heterocycles. The van der Waals surface area contributed by atoms with Crippen LogP contribution in [0.2, 0.25) is 0 Å². The Balaban J connectivity index is 0.000000322. The largest absolute Gasteiger partial charge is 0.469 e. The van der Waals surface area contributed by atoms with Crippen molar-refractivity contribution >= 4 is 42.6 Å². The van der Waals surface area contributed by atoms with Crippen molar-refractivity contribution < 1.29 is 23.6 Å². The normalized spacial score (nSPS) is 17.1. The molecule has 5 nitrogen and oxygen atoms in total. The number of ether oxygens (including phenoxy) is 1. The van der Waals surface area contributed by atoms with Gasteiger partial charge in [-0.2, -0.15) is 0 Å². The Morgan fingerprint density at radius 3 is 1.87 bits per heavy atom. The van der Waals surface area contributed by atoms with E-state index < -0.39 is 18.2 Å². The van der Waals surface area contributed by atoms with Gasteiger partial charge in [-0.25, -0.2) is 4.57 Å². The molecule has 0 atom stereocenters. The summed E-state index contributed by atoms with van der Waals surface area (Å²) < 4.78 is 17.0. The third-order valence-corrected chi connectivity index (χ3v) is 2.02. The maximum absolute atomic E-state index is 9.97. The number of hydrogen-bond donors (Lipinski definition) is 2. The molecule has 0 unspecified atom stereocenters. The van der Waals surface area contributed by atoms with Crippen molar-refractivity contribution in [3.8, 4) is 0 Å². The summed E-state index contributed by atoms with van der Waals surface area (Å²) in [7, 11) is -4.52. The Morgan fingerprint density at radius 2 is 1.73 bits per heavy atom. The Hall–Kier alpha value is 0.940. The quantitative estimate of drug-likeness (QED) is 0.604. The van der Waals surface area contributed by atoms with Crippen LogP contribution in [0.5, 0.6) is 0 Å². The molecule has 1 heterocycles. The minimum Gasteiger partial charge on any atom is -0.381 e. The molecule has 0 amide bonds. The van der Waals surface area contributed by atoms with Crippen LogP contribution in [-0.4, -0.2) is 33.4 Å². The maximum Gasteiger partial charge on any atom is 0.469 e. The first-order valence-corrected chi connectivity index (χ1v) is 6.72. The molecule has 1 saturated heterocycles. The van der Waals surface area contributed by atoms with Gasteiger partial charge >= 0.3 is 7.82 Å². The summed E-state index contributed by atoms with van der Waals surface area (Å²) in [5, 5.41) is 0. The van der Waals surface area contributed by atoms with Crippen LogP contribution < -0.4 is 0 Å². The molecule has 0 saturated carbocycles. The van der Waals surface area contributed by atoms with E-state index in [0.717, 1.165) is 13.2 Å². The zero-order chi connectivity index (χ0) is 11.9. The summed E-state index contributed by atoms with van der Waals surface area (Å²) in [4.78, 5) is 16.2. The van der Waals surface area contributed by atoms with Crippen LogP contribution in [0.1, 0.15) is 12.8 Å². The molecule has 0 bridgehead atoms. The molecule has 1 aliphatic rings. The van der Waals surface area contributed by atoms with Gasteiger partial charge in [0.25, 0.3) is 0 Å². The third-order valence-electron chi connectivity index (χ3n) is 1.22. The summed E-state index contributed by atoms with van der Waals surface area (Å²) in [5.74, 6) is 0. The highest BCUT2D eigenvalue weighted by molar-refractivity contribution is 7.46. The highest BCUT2D eigenvalue weighted by atomic mass is 35.6. The fourth-order valence-corrected chi connectivity index (χ4v) is 1.42. The molecule has 15 heavy (non-hydrogen) atoms. The number of phosphoric ester groups is 1. The fourth-order valence-electron chi connectivity index (χ4n) is 0.668. The SMILES string of the molecule is C1CCOC1.O=P(O)(O)OCC(Cl)(Cl)Cl. The molecule has 0 radical (unpaired) electrons. The second-order valence-corrected chi connectivity index (χ2v) is 6.45. The van der Waals surface area contributed by atoms with E-state index in [9.17, 15) is 4.57 Å². The fraction of sp³-hybridized carbons (Fsp3) is 1.00. The number of alkyl halides is 3. The van der Waals surface area contributed by atoms with E-state index in [1.54, 1.807) is 0 Å². The highest BCUT2D eigenvalue weighted by Crippen LogP contribution is 2.39. The van der Waals surface area contributed by atoms with Crippen LogP contribution in [-0.2, 0) is 13.8 Å². The van der Waals surface area contributed by atoms with Gasteiger partial charge in [-0.3, -0.25) is 4.52 Å². The standard InChI is InChI=1S/C4H8O.C2H4Cl3O4P/c1-2-4-5-3-1;3-2(4,5)1-9-10(6,7)8/h1-4H2;1H2,(H2,6,7,8). The van der Waals surface area contributed by atoms with Crippen LogP contribution in [0.3, 0.4) is 0 Å². The summed E-state index contributed by atoms with van der Waals surface area (Å²) in [6.07, 6.45) is 2.56. The van der Waals surface area contributed by atoms with Crippen molar-refractivity contribution in [3.63, 3.8) is 0 Å². The van der Waals surface area contributed by atoms with Gasteiger partial charge in [0.05, 0.1) is 0 Å². The zero-order valence-electron chi connectivity index (χ0n) is 7.74. The van der Waals surface area contributed by atoms with Crippen LogP contribution in [0.4, 0.5) is 0 Å². The van der Waals surface area contributed by atoms with Crippen LogP contribution in [0.15, 0.2) is 0 Å².